The number of carbonyl (C=O) groups excluding carboxylic acids is 1. The molecule has 1 heterocycles. The molecule has 0 fully saturated rings. The van der Waals surface area contributed by atoms with Gasteiger partial charge in [0.2, 0.25) is 5.91 Å². The van der Waals surface area contributed by atoms with E-state index in [2.05, 4.69) is 29.8 Å². The molecule has 0 aliphatic carbocycles. The second-order valence-corrected chi connectivity index (χ2v) is 4.65. The lowest BCUT2D eigenvalue weighted by atomic mass is 10.1. The Hall–Kier alpha value is -1.71. The normalized spacial score (nSPS) is 17.6. The monoisotopic (exact) mass is 247 g/mol. The quantitative estimate of drug-likeness (QED) is 0.764. The van der Waals surface area contributed by atoms with Crippen LogP contribution in [0.2, 0.25) is 0 Å². The predicted molar refractivity (Wildman–Crippen MR) is 74.9 cm³/mol. The van der Waals surface area contributed by atoms with Gasteiger partial charge in [0.1, 0.15) is 6.04 Å². The van der Waals surface area contributed by atoms with E-state index < -0.39 is 0 Å². The van der Waals surface area contributed by atoms with Crippen LogP contribution in [0.5, 0.6) is 0 Å². The molecular formula is C14H21N3O. The Morgan fingerprint density at radius 1 is 1.33 bits per heavy atom. The van der Waals surface area contributed by atoms with Crippen LogP contribution in [-0.4, -0.2) is 24.5 Å². The zero-order valence-electron chi connectivity index (χ0n) is 11.0. The highest BCUT2D eigenvalue weighted by Crippen LogP contribution is 2.25. The zero-order chi connectivity index (χ0) is 13.0. The predicted octanol–water partition coefficient (Wildman–Crippen LogP) is 2.20. The van der Waals surface area contributed by atoms with Crippen molar-refractivity contribution in [1.29, 1.82) is 0 Å². The third kappa shape index (κ3) is 2.75. The van der Waals surface area contributed by atoms with Crippen LogP contribution in [0.3, 0.4) is 0 Å². The summed E-state index contributed by atoms with van der Waals surface area (Å²) in [6.07, 6.45) is 1.94. The number of nitrogens with one attached hydrogen (secondary N) is 3. The third-order valence-electron chi connectivity index (χ3n) is 3.40. The van der Waals surface area contributed by atoms with Crippen molar-refractivity contribution >= 4 is 17.3 Å². The summed E-state index contributed by atoms with van der Waals surface area (Å²) in [6.45, 7) is 4.82. The first-order valence-electron chi connectivity index (χ1n) is 6.64. The minimum atomic E-state index is -0.194. The highest BCUT2D eigenvalue weighted by Gasteiger charge is 2.24. The lowest BCUT2D eigenvalue weighted by molar-refractivity contribution is -0.122. The molecule has 1 unspecified atom stereocenters. The zero-order valence-corrected chi connectivity index (χ0v) is 11.0. The van der Waals surface area contributed by atoms with E-state index in [1.807, 2.05) is 24.3 Å². The molecule has 1 aliphatic rings. The van der Waals surface area contributed by atoms with Gasteiger partial charge in [-0.05, 0) is 25.0 Å². The fraction of sp³-hybridized carbons (Fsp3) is 0.500. The highest BCUT2D eigenvalue weighted by atomic mass is 16.2. The molecule has 1 atom stereocenters. The van der Waals surface area contributed by atoms with E-state index in [4.69, 9.17) is 0 Å². The van der Waals surface area contributed by atoms with E-state index in [0.717, 1.165) is 24.2 Å². The SMILES string of the molecule is CCC(CC)NC(=O)C1CNc2ccccc2N1. The molecule has 98 valence electrons. The van der Waals surface area contributed by atoms with E-state index in [0.29, 0.717) is 6.54 Å². The summed E-state index contributed by atoms with van der Waals surface area (Å²) >= 11 is 0. The summed E-state index contributed by atoms with van der Waals surface area (Å²) in [6, 6.07) is 8.03. The summed E-state index contributed by atoms with van der Waals surface area (Å²) < 4.78 is 0. The molecule has 4 heteroatoms. The van der Waals surface area contributed by atoms with Crippen LogP contribution in [0.15, 0.2) is 24.3 Å². The fourth-order valence-corrected chi connectivity index (χ4v) is 2.17. The molecule has 0 spiro atoms. The molecule has 0 bridgehead atoms. The maximum absolute atomic E-state index is 12.1. The number of rotatable bonds is 4. The van der Waals surface area contributed by atoms with Crippen molar-refractivity contribution < 1.29 is 4.79 Å². The van der Waals surface area contributed by atoms with Crippen molar-refractivity contribution in [3.63, 3.8) is 0 Å². The number of fused-ring (bicyclic) bond motifs is 1. The lowest BCUT2D eigenvalue weighted by Crippen LogP contribution is -2.49. The van der Waals surface area contributed by atoms with Gasteiger partial charge in [0, 0.05) is 12.6 Å². The minimum absolute atomic E-state index is 0.0747. The van der Waals surface area contributed by atoms with E-state index in [1.165, 1.54) is 0 Å². The average Bonchev–Trinajstić information content (AvgIpc) is 2.44. The number of hydrogen-bond donors (Lipinski definition) is 3. The molecule has 4 nitrogen and oxygen atoms in total. The van der Waals surface area contributed by atoms with E-state index in [-0.39, 0.29) is 18.0 Å². The Labute approximate surface area is 108 Å². The van der Waals surface area contributed by atoms with Gasteiger partial charge in [-0.3, -0.25) is 4.79 Å². The fourth-order valence-electron chi connectivity index (χ4n) is 2.17. The molecular weight excluding hydrogens is 226 g/mol. The first kappa shape index (κ1) is 12.7. The molecule has 1 aromatic carbocycles. The van der Waals surface area contributed by atoms with Crippen molar-refractivity contribution in [3.05, 3.63) is 24.3 Å². The lowest BCUT2D eigenvalue weighted by Gasteiger charge is -2.28. The molecule has 1 amide bonds. The summed E-state index contributed by atoms with van der Waals surface area (Å²) in [5, 5.41) is 9.63. The Morgan fingerprint density at radius 3 is 2.67 bits per heavy atom. The summed E-state index contributed by atoms with van der Waals surface area (Å²) in [5.74, 6) is 0.0747. The average molecular weight is 247 g/mol. The van der Waals surface area contributed by atoms with Crippen LogP contribution in [0.1, 0.15) is 26.7 Å². The second kappa shape index (κ2) is 5.76. The molecule has 2 rings (SSSR count). The van der Waals surface area contributed by atoms with E-state index >= 15 is 0 Å². The van der Waals surface area contributed by atoms with Gasteiger partial charge in [-0.1, -0.05) is 26.0 Å². The van der Waals surface area contributed by atoms with Crippen LogP contribution in [0.4, 0.5) is 11.4 Å². The number of benzene rings is 1. The molecule has 0 saturated heterocycles. The van der Waals surface area contributed by atoms with Crippen LogP contribution in [0.25, 0.3) is 0 Å². The van der Waals surface area contributed by atoms with Crippen LogP contribution < -0.4 is 16.0 Å². The van der Waals surface area contributed by atoms with Gasteiger partial charge in [-0.2, -0.15) is 0 Å². The maximum atomic E-state index is 12.1. The van der Waals surface area contributed by atoms with Crippen molar-refractivity contribution in [3.8, 4) is 0 Å². The van der Waals surface area contributed by atoms with Gasteiger partial charge in [0.05, 0.1) is 11.4 Å². The van der Waals surface area contributed by atoms with Gasteiger partial charge >= 0.3 is 0 Å². The van der Waals surface area contributed by atoms with Gasteiger partial charge in [0.15, 0.2) is 0 Å². The number of anilines is 2. The highest BCUT2D eigenvalue weighted by molar-refractivity contribution is 5.88. The molecule has 18 heavy (non-hydrogen) atoms. The largest absolute Gasteiger partial charge is 0.381 e. The number of para-hydroxylation sites is 2. The maximum Gasteiger partial charge on any atom is 0.244 e. The molecule has 0 aromatic heterocycles. The van der Waals surface area contributed by atoms with E-state index in [9.17, 15) is 4.79 Å². The summed E-state index contributed by atoms with van der Waals surface area (Å²) in [4.78, 5) is 12.1. The van der Waals surface area contributed by atoms with Crippen molar-refractivity contribution in [2.45, 2.75) is 38.8 Å². The standard InChI is InChI=1S/C14H21N3O/c1-3-10(4-2)16-14(18)13-9-15-11-7-5-6-8-12(11)17-13/h5-8,10,13,15,17H,3-4,9H2,1-2H3,(H,16,18). The van der Waals surface area contributed by atoms with Crippen LogP contribution in [-0.2, 0) is 4.79 Å². The number of amides is 1. The molecule has 1 aliphatic heterocycles. The first-order valence-corrected chi connectivity index (χ1v) is 6.64. The smallest absolute Gasteiger partial charge is 0.244 e. The Kier molecular flexibility index (Phi) is 4.07. The van der Waals surface area contributed by atoms with Crippen molar-refractivity contribution in [2.75, 3.05) is 17.2 Å². The Bertz CT molecular complexity index is 415. The van der Waals surface area contributed by atoms with Gasteiger partial charge < -0.3 is 16.0 Å². The first-order chi connectivity index (χ1) is 8.74. The van der Waals surface area contributed by atoms with Gasteiger partial charge in [-0.15, -0.1) is 0 Å². The van der Waals surface area contributed by atoms with Crippen LogP contribution >= 0.6 is 0 Å². The summed E-state index contributed by atoms with van der Waals surface area (Å²) in [5.41, 5.74) is 2.05. The van der Waals surface area contributed by atoms with Crippen molar-refractivity contribution in [2.24, 2.45) is 0 Å². The molecule has 1 aromatic rings. The van der Waals surface area contributed by atoms with E-state index in [1.54, 1.807) is 0 Å². The number of hydrogen-bond acceptors (Lipinski definition) is 3. The third-order valence-corrected chi connectivity index (χ3v) is 3.40. The van der Waals surface area contributed by atoms with Crippen LogP contribution in [0, 0.1) is 0 Å². The second-order valence-electron chi connectivity index (χ2n) is 4.65. The van der Waals surface area contributed by atoms with Gasteiger partial charge in [0.25, 0.3) is 0 Å². The minimum Gasteiger partial charge on any atom is -0.381 e. The molecule has 0 saturated carbocycles. The molecule has 0 radical (unpaired) electrons. The Morgan fingerprint density at radius 2 is 2.00 bits per heavy atom. The summed E-state index contributed by atoms with van der Waals surface area (Å²) in [7, 11) is 0. The topological polar surface area (TPSA) is 53.2 Å². The van der Waals surface area contributed by atoms with Crippen molar-refractivity contribution in [1.82, 2.24) is 5.32 Å². The molecule has 3 N–H and O–H groups in total. The Balaban J connectivity index is 1.98. The van der Waals surface area contributed by atoms with Gasteiger partial charge in [-0.25, -0.2) is 0 Å². The number of carbonyl (C=O) groups is 1.